The Bertz CT molecular complexity index is 313. The molecule has 15 heavy (non-hydrogen) atoms. The van der Waals surface area contributed by atoms with E-state index in [4.69, 9.17) is 0 Å². The highest BCUT2D eigenvalue weighted by atomic mass is 16.5. The van der Waals surface area contributed by atoms with Crippen LogP contribution in [-0.4, -0.2) is 22.5 Å². The van der Waals surface area contributed by atoms with E-state index in [1.807, 2.05) is 18.2 Å². The molecule has 0 radical (unpaired) electrons. The molecule has 0 heterocycles. The maximum absolute atomic E-state index is 10.00. The molecule has 0 saturated heterocycles. The van der Waals surface area contributed by atoms with E-state index in [0.717, 1.165) is 5.06 Å². The number of hydrogen-bond donors (Lipinski definition) is 2. The topological polar surface area (TPSA) is 43.7 Å². The van der Waals surface area contributed by atoms with Crippen LogP contribution in [0.2, 0.25) is 0 Å². The maximum atomic E-state index is 10.00. The fourth-order valence-corrected chi connectivity index (χ4v) is 1.41. The summed E-state index contributed by atoms with van der Waals surface area (Å²) in [4.78, 5) is 0. The SMILES string of the molecule is C=CCC(C)(CO)N(O)c1ccccc1. The lowest BCUT2D eigenvalue weighted by molar-refractivity contribution is 0.101. The molecule has 1 unspecified atom stereocenters. The number of para-hydroxylation sites is 1. The number of hydroxylamine groups is 1. The van der Waals surface area contributed by atoms with Crippen molar-refractivity contribution in [2.75, 3.05) is 11.7 Å². The van der Waals surface area contributed by atoms with Crippen LogP contribution in [0, 0.1) is 0 Å². The van der Waals surface area contributed by atoms with E-state index < -0.39 is 5.54 Å². The molecule has 3 heteroatoms. The van der Waals surface area contributed by atoms with Crippen LogP contribution in [-0.2, 0) is 0 Å². The largest absolute Gasteiger partial charge is 0.394 e. The van der Waals surface area contributed by atoms with Crippen LogP contribution in [0.5, 0.6) is 0 Å². The van der Waals surface area contributed by atoms with E-state index in [1.54, 1.807) is 25.1 Å². The monoisotopic (exact) mass is 207 g/mol. The standard InChI is InChI=1S/C12H17NO2/c1-3-9-12(2,10-14)13(15)11-7-5-4-6-8-11/h3-8,14-15H,1,9-10H2,2H3. The summed E-state index contributed by atoms with van der Waals surface area (Å²) in [6, 6.07) is 9.13. The summed E-state index contributed by atoms with van der Waals surface area (Å²) in [5.41, 5.74) is -0.0563. The van der Waals surface area contributed by atoms with Gasteiger partial charge in [0, 0.05) is 0 Å². The number of rotatable bonds is 5. The third-order valence-corrected chi connectivity index (χ3v) is 2.44. The van der Waals surface area contributed by atoms with Crippen LogP contribution in [0.25, 0.3) is 0 Å². The smallest absolute Gasteiger partial charge is 0.0907 e. The second-order valence-corrected chi connectivity index (χ2v) is 3.80. The van der Waals surface area contributed by atoms with Gasteiger partial charge in [-0.25, -0.2) is 5.06 Å². The number of anilines is 1. The van der Waals surface area contributed by atoms with Crippen molar-refractivity contribution in [2.45, 2.75) is 18.9 Å². The van der Waals surface area contributed by atoms with Crippen molar-refractivity contribution >= 4 is 5.69 Å². The highest BCUT2D eigenvalue weighted by Crippen LogP contribution is 2.24. The Kier molecular flexibility index (Phi) is 3.88. The van der Waals surface area contributed by atoms with Gasteiger partial charge in [-0.1, -0.05) is 24.3 Å². The molecule has 0 aliphatic heterocycles. The molecule has 0 aliphatic carbocycles. The van der Waals surface area contributed by atoms with Crippen molar-refractivity contribution in [1.29, 1.82) is 0 Å². The molecule has 0 amide bonds. The van der Waals surface area contributed by atoms with Crippen LogP contribution < -0.4 is 5.06 Å². The van der Waals surface area contributed by atoms with Gasteiger partial charge in [0.2, 0.25) is 0 Å². The summed E-state index contributed by atoms with van der Waals surface area (Å²) in [6.45, 7) is 5.27. The van der Waals surface area contributed by atoms with Gasteiger partial charge in [-0.05, 0) is 25.5 Å². The maximum Gasteiger partial charge on any atom is 0.0907 e. The molecule has 1 aromatic carbocycles. The van der Waals surface area contributed by atoms with Gasteiger partial charge in [0.05, 0.1) is 17.8 Å². The Morgan fingerprint density at radius 2 is 2.00 bits per heavy atom. The van der Waals surface area contributed by atoms with Crippen molar-refractivity contribution in [3.05, 3.63) is 43.0 Å². The van der Waals surface area contributed by atoms with Crippen LogP contribution in [0.4, 0.5) is 5.69 Å². The normalized spacial score (nSPS) is 14.3. The molecule has 0 aromatic heterocycles. The minimum absolute atomic E-state index is 0.135. The predicted octanol–water partition coefficient (Wildman–Crippen LogP) is 2.21. The zero-order valence-corrected chi connectivity index (χ0v) is 8.93. The summed E-state index contributed by atoms with van der Waals surface area (Å²) in [5.74, 6) is 0. The van der Waals surface area contributed by atoms with Crippen molar-refractivity contribution in [1.82, 2.24) is 0 Å². The molecule has 2 N–H and O–H groups in total. The minimum atomic E-state index is -0.719. The van der Waals surface area contributed by atoms with Crippen molar-refractivity contribution in [2.24, 2.45) is 0 Å². The number of nitrogens with zero attached hydrogens (tertiary/aromatic N) is 1. The molecule has 0 bridgehead atoms. The van der Waals surface area contributed by atoms with E-state index in [9.17, 15) is 10.3 Å². The van der Waals surface area contributed by atoms with Crippen molar-refractivity contribution in [3.63, 3.8) is 0 Å². The van der Waals surface area contributed by atoms with Crippen molar-refractivity contribution in [3.8, 4) is 0 Å². The lowest BCUT2D eigenvalue weighted by atomic mass is 9.98. The van der Waals surface area contributed by atoms with Gasteiger partial charge in [0.25, 0.3) is 0 Å². The number of benzene rings is 1. The molecule has 0 saturated carbocycles. The molecule has 1 aromatic rings. The summed E-state index contributed by atoms with van der Waals surface area (Å²) in [6.07, 6.45) is 2.19. The fraction of sp³-hybridized carbons (Fsp3) is 0.333. The van der Waals surface area contributed by atoms with Gasteiger partial charge in [-0.2, -0.15) is 0 Å². The second kappa shape index (κ2) is 4.96. The van der Waals surface area contributed by atoms with Gasteiger partial charge < -0.3 is 5.11 Å². The Labute approximate surface area is 90.2 Å². The zero-order chi connectivity index (χ0) is 11.3. The second-order valence-electron chi connectivity index (χ2n) is 3.80. The van der Waals surface area contributed by atoms with Gasteiger partial charge in [-0.3, -0.25) is 5.21 Å². The zero-order valence-electron chi connectivity index (χ0n) is 8.93. The summed E-state index contributed by atoms with van der Waals surface area (Å²) >= 11 is 0. The quantitative estimate of drug-likeness (QED) is 0.574. The molecular formula is C12H17NO2. The van der Waals surface area contributed by atoms with Gasteiger partial charge in [-0.15, -0.1) is 6.58 Å². The average Bonchev–Trinajstić information content (AvgIpc) is 2.29. The van der Waals surface area contributed by atoms with Crippen LogP contribution in [0.15, 0.2) is 43.0 Å². The number of hydrogen-bond acceptors (Lipinski definition) is 3. The molecule has 0 aliphatic rings. The van der Waals surface area contributed by atoms with Gasteiger partial charge in [0.15, 0.2) is 0 Å². The lowest BCUT2D eigenvalue weighted by Gasteiger charge is -2.35. The van der Waals surface area contributed by atoms with Crippen LogP contribution in [0.3, 0.4) is 0 Å². The van der Waals surface area contributed by atoms with Crippen LogP contribution >= 0.6 is 0 Å². The van der Waals surface area contributed by atoms with E-state index >= 15 is 0 Å². The van der Waals surface area contributed by atoms with E-state index in [0.29, 0.717) is 12.1 Å². The third-order valence-electron chi connectivity index (χ3n) is 2.44. The predicted molar refractivity (Wildman–Crippen MR) is 61.0 cm³/mol. The van der Waals surface area contributed by atoms with E-state index in [1.165, 1.54) is 0 Å². The molecule has 1 rings (SSSR count). The summed E-state index contributed by atoms with van der Waals surface area (Å²) < 4.78 is 0. The van der Waals surface area contributed by atoms with E-state index in [2.05, 4.69) is 6.58 Å². The van der Waals surface area contributed by atoms with Gasteiger partial charge >= 0.3 is 0 Å². The highest BCUT2D eigenvalue weighted by Gasteiger charge is 2.29. The molecule has 0 spiro atoms. The fourth-order valence-electron chi connectivity index (χ4n) is 1.41. The summed E-state index contributed by atoms with van der Waals surface area (Å²) in [7, 11) is 0. The Morgan fingerprint density at radius 1 is 1.40 bits per heavy atom. The Morgan fingerprint density at radius 3 is 2.47 bits per heavy atom. The lowest BCUT2D eigenvalue weighted by Crippen LogP contribution is -2.47. The molecule has 82 valence electrons. The number of aliphatic hydroxyl groups is 1. The molecule has 1 atom stereocenters. The summed E-state index contributed by atoms with van der Waals surface area (Å²) in [5, 5.41) is 20.4. The van der Waals surface area contributed by atoms with Crippen molar-refractivity contribution < 1.29 is 10.3 Å². The Balaban J connectivity index is 2.91. The first-order valence-electron chi connectivity index (χ1n) is 4.90. The average molecular weight is 207 g/mol. The van der Waals surface area contributed by atoms with Crippen LogP contribution in [0.1, 0.15) is 13.3 Å². The number of aliphatic hydroxyl groups excluding tert-OH is 1. The molecule has 0 fully saturated rings. The van der Waals surface area contributed by atoms with Gasteiger partial charge in [0.1, 0.15) is 0 Å². The molecular weight excluding hydrogens is 190 g/mol. The molecule has 3 nitrogen and oxygen atoms in total. The van der Waals surface area contributed by atoms with E-state index in [-0.39, 0.29) is 6.61 Å². The Hall–Kier alpha value is -1.32. The third kappa shape index (κ3) is 2.58. The first kappa shape index (κ1) is 11.8. The first-order valence-corrected chi connectivity index (χ1v) is 4.90. The first-order chi connectivity index (χ1) is 7.14. The minimum Gasteiger partial charge on any atom is -0.394 e. The highest BCUT2D eigenvalue weighted by molar-refractivity contribution is 5.45.